The van der Waals surface area contributed by atoms with Crippen molar-refractivity contribution >= 4 is 33.0 Å². The van der Waals surface area contributed by atoms with E-state index in [-0.39, 0.29) is 5.52 Å². The zero-order chi connectivity index (χ0) is 11.3. The summed E-state index contributed by atoms with van der Waals surface area (Å²) < 4.78 is 16.3. The van der Waals surface area contributed by atoms with Crippen molar-refractivity contribution in [2.45, 2.75) is 0 Å². The minimum atomic E-state index is -0.419. The van der Waals surface area contributed by atoms with Crippen molar-refractivity contribution in [2.75, 3.05) is 0 Å². The molecule has 3 aromatic rings. The van der Waals surface area contributed by atoms with Gasteiger partial charge in [-0.05, 0) is 34.1 Å². The van der Waals surface area contributed by atoms with Crippen LogP contribution in [0.5, 0.6) is 0 Å². The van der Waals surface area contributed by atoms with E-state index in [1.165, 1.54) is 17.0 Å². The predicted octanol–water partition coefficient (Wildman–Crippen LogP) is 2.69. The summed E-state index contributed by atoms with van der Waals surface area (Å²) in [6.45, 7) is 0. The number of hydrogen-bond donors (Lipinski definition) is 0. The van der Waals surface area contributed by atoms with E-state index < -0.39 is 11.8 Å². The lowest BCUT2D eigenvalue weighted by atomic mass is 10.4. The Morgan fingerprint density at radius 1 is 1.38 bits per heavy atom. The van der Waals surface area contributed by atoms with Gasteiger partial charge in [-0.15, -0.1) is 0 Å². The minimum absolute atomic E-state index is 0.252. The Kier molecular flexibility index (Phi) is 1.88. The van der Waals surface area contributed by atoms with Crippen LogP contribution >= 0.6 is 15.9 Å². The van der Waals surface area contributed by atoms with E-state index in [0.717, 1.165) is 4.68 Å². The van der Waals surface area contributed by atoms with Gasteiger partial charge in [0.2, 0.25) is 0 Å². The van der Waals surface area contributed by atoms with E-state index in [4.69, 9.17) is 0 Å². The van der Waals surface area contributed by atoms with Gasteiger partial charge in [-0.3, -0.25) is 4.57 Å². The number of aromatic nitrogens is 3. The van der Waals surface area contributed by atoms with Crippen LogP contribution in [-0.2, 0) is 0 Å². The lowest BCUT2D eigenvalue weighted by molar-refractivity contribution is 0.242. The Hall–Kier alpha value is -1.69. The maximum atomic E-state index is 13.6. The van der Waals surface area contributed by atoms with Crippen LogP contribution in [0, 0.1) is 5.82 Å². The number of benzene rings is 1. The van der Waals surface area contributed by atoms with Crippen molar-refractivity contribution in [3.8, 4) is 0 Å². The summed E-state index contributed by atoms with van der Waals surface area (Å²) in [7, 11) is 0. The highest BCUT2D eigenvalue weighted by atomic mass is 79.9. The van der Waals surface area contributed by atoms with Gasteiger partial charge in [0.25, 0.3) is 0 Å². The topological polar surface area (TPSA) is 39.8 Å². The molecule has 6 heteroatoms. The first kappa shape index (κ1) is 9.53. The third-order valence-electron chi connectivity index (χ3n) is 2.42. The molecule has 0 N–H and O–H groups in total. The molecule has 80 valence electrons. The van der Waals surface area contributed by atoms with Crippen LogP contribution < -0.4 is 0 Å². The number of carbonyl (C=O) groups is 1. The molecule has 0 radical (unpaired) electrons. The summed E-state index contributed by atoms with van der Waals surface area (Å²) in [4.78, 5) is 12.0. The van der Waals surface area contributed by atoms with E-state index in [0.29, 0.717) is 9.99 Å². The quantitative estimate of drug-likeness (QED) is 0.636. The summed E-state index contributed by atoms with van der Waals surface area (Å²) >= 11 is 3.10. The van der Waals surface area contributed by atoms with Crippen LogP contribution in [0.2, 0.25) is 0 Å². The zero-order valence-electron chi connectivity index (χ0n) is 7.89. The Labute approximate surface area is 97.7 Å². The molecule has 3 aromatic heterocycles. The average molecular weight is 282 g/mol. The standard InChI is InChI=1S/C10H5BrFN3O/c11-8-6-2-3-7(9(8)12)15(6)10(16)14-5-1-4-13-14/h1-5H. The lowest BCUT2D eigenvalue weighted by Gasteiger charge is -2.01. The van der Waals surface area contributed by atoms with E-state index >= 15 is 0 Å². The first-order valence-electron chi connectivity index (χ1n) is 4.52. The number of hydrogen-bond acceptors (Lipinski definition) is 2. The molecule has 3 heterocycles. The molecule has 0 atom stereocenters. The van der Waals surface area contributed by atoms with Gasteiger partial charge >= 0.3 is 6.03 Å². The highest BCUT2D eigenvalue weighted by Crippen LogP contribution is 2.31. The van der Waals surface area contributed by atoms with Crippen molar-refractivity contribution in [3.05, 3.63) is 40.9 Å². The van der Waals surface area contributed by atoms with Gasteiger partial charge < -0.3 is 0 Å². The first-order chi connectivity index (χ1) is 7.70. The van der Waals surface area contributed by atoms with Crippen LogP contribution in [0.15, 0.2) is 35.1 Å². The number of rotatable bonds is 0. The molecular weight excluding hydrogens is 277 g/mol. The molecule has 0 aliphatic heterocycles. The monoisotopic (exact) mass is 281 g/mol. The second-order valence-corrected chi connectivity index (χ2v) is 4.09. The normalized spacial score (nSPS) is 11.4. The SMILES string of the molecule is O=C(n1cccn1)n1c2ccc1c(Br)c2F. The molecule has 0 aliphatic carbocycles. The molecule has 16 heavy (non-hydrogen) atoms. The molecule has 0 aromatic carbocycles. The molecule has 4 nitrogen and oxygen atoms in total. The summed E-state index contributed by atoms with van der Waals surface area (Å²) in [5.41, 5.74) is 0.760. The van der Waals surface area contributed by atoms with E-state index in [2.05, 4.69) is 21.0 Å². The molecule has 0 aliphatic rings. The van der Waals surface area contributed by atoms with Gasteiger partial charge in [0, 0.05) is 12.4 Å². The number of halogens is 2. The molecule has 0 amide bonds. The summed E-state index contributed by atoms with van der Waals surface area (Å²) in [6, 6.07) is 4.49. The molecule has 0 spiro atoms. The van der Waals surface area contributed by atoms with Crippen molar-refractivity contribution in [1.29, 1.82) is 0 Å². The van der Waals surface area contributed by atoms with E-state index in [1.807, 2.05) is 0 Å². The van der Waals surface area contributed by atoms with Crippen LogP contribution in [0.1, 0.15) is 0 Å². The van der Waals surface area contributed by atoms with Gasteiger partial charge in [-0.1, -0.05) is 0 Å². The Bertz CT molecular complexity index is 625. The van der Waals surface area contributed by atoms with Crippen LogP contribution in [-0.4, -0.2) is 20.4 Å². The highest BCUT2D eigenvalue weighted by molar-refractivity contribution is 9.10. The lowest BCUT2D eigenvalue weighted by Crippen LogP contribution is -2.18. The van der Waals surface area contributed by atoms with E-state index in [9.17, 15) is 9.18 Å². The average Bonchev–Trinajstić information content (AvgIpc) is 2.96. The number of carbonyl (C=O) groups excluding carboxylic acids is 1. The van der Waals surface area contributed by atoms with Crippen molar-refractivity contribution in [1.82, 2.24) is 14.3 Å². The van der Waals surface area contributed by atoms with Gasteiger partial charge in [0.05, 0.1) is 15.5 Å². The van der Waals surface area contributed by atoms with Crippen LogP contribution in [0.25, 0.3) is 11.0 Å². The fourth-order valence-corrected chi connectivity index (χ4v) is 2.21. The molecule has 2 bridgehead atoms. The van der Waals surface area contributed by atoms with Crippen molar-refractivity contribution in [3.63, 3.8) is 0 Å². The van der Waals surface area contributed by atoms with Gasteiger partial charge in [-0.2, -0.15) is 9.78 Å². The molecular formula is C10H5BrFN3O. The Morgan fingerprint density at radius 2 is 2.12 bits per heavy atom. The largest absolute Gasteiger partial charge is 0.353 e. The third kappa shape index (κ3) is 1.07. The first-order valence-corrected chi connectivity index (χ1v) is 5.31. The Balaban J connectivity index is 2.23. The molecule has 0 saturated heterocycles. The van der Waals surface area contributed by atoms with Gasteiger partial charge in [0.15, 0.2) is 5.82 Å². The maximum absolute atomic E-state index is 13.6. The summed E-state index contributed by atoms with van der Waals surface area (Å²) in [6.07, 6.45) is 3.02. The maximum Gasteiger partial charge on any atom is 0.353 e. The molecule has 0 saturated carbocycles. The smallest absolute Gasteiger partial charge is 0.257 e. The van der Waals surface area contributed by atoms with Gasteiger partial charge in [0.1, 0.15) is 0 Å². The van der Waals surface area contributed by atoms with Gasteiger partial charge in [-0.25, -0.2) is 9.18 Å². The number of nitrogens with zero attached hydrogens (tertiary/aromatic N) is 3. The minimum Gasteiger partial charge on any atom is -0.257 e. The van der Waals surface area contributed by atoms with Crippen LogP contribution in [0.4, 0.5) is 9.18 Å². The third-order valence-corrected chi connectivity index (χ3v) is 3.17. The Morgan fingerprint density at radius 3 is 2.69 bits per heavy atom. The van der Waals surface area contributed by atoms with Crippen LogP contribution in [0.3, 0.4) is 0 Å². The molecule has 0 unspecified atom stereocenters. The predicted molar refractivity (Wildman–Crippen MR) is 59.2 cm³/mol. The zero-order valence-corrected chi connectivity index (χ0v) is 9.48. The molecule has 3 rings (SSSR count). The van der Waals surface area contributed by atoms with Crippen molar-refractivity contribution in [2.24, 2.45) is 0 Å². The second kappa shape index (κ2) is 3.15. The highest BCUT2D eigenvalue weighted by Gasteiger charge is 2.22. The molecule has 0 fully saturated rings. The second-order valence-electron chi connectivity index (χ2n) is 3.30. The van der Waals surface area contributed by atoms with Crippen molar-refractivity contribution < 1.29 is 9.18 Å². The fraction of sp³-hybridized carbons (Fsp3) is 0. The van der Waals surface area contributed by atoms with E-state index in [1.54, 1.807) is 18.2 Å². The fourth-order valence-electron chi connectivity index (χ4n) is 1.69. The number of fused-ring (bicyclic) bond motifs is 2. The summed E-state index contributed by atoms with van der Waals surface area (Å²) in [5.74, 6) is -0.419. The summed E-state index contributed by atoms with van der Waals surface area (Å²) in [5, 5.41) is 3.82.